The summed E-state index contributed by atoms with van der Waals surface area (Å²) in [4.78, 5) is 0.154. The molecule has 0 spiro atoms. The predicted molar refractivity (Wildman–Crippen MR) is 270 cm³/mol. The van der Waals surface area contributed by atoms with Crippen LogP contribution in [-0.4, -0.2) is 4.90 Å². The molecule has 63 heavy (non-hydrogen) atoms. The van der Waals surface area contributed by atoms with E-state index in [9.17, 15) is 0 Å². The third kappa shape index (κ3) is 10.9. The third-order valence-corrected chi connectivity index (χ3v) is 18.9. The van der Waals surface area contributed by atoms with Gasteiger partial charge < -0.3 is 12.8 Å². The molecule has 0 unspecified atom stereocenters. The fourth-order valence-electron chi connectivity index (χ4n) is 8.47. The molecule has 10 aromatic carbocycles. The predicted octanol–water partition coefficient (Wildman–Crippen LogP) is 13.3. The monoisotopic (exact) mass is 1210 g/mol. The van der Waals surface area contributed by atoms with Gasteiger partial charge >= 0.3 is 44.8 Å². The Bertz CT molecular complexity index is 2840. The van der Waals surface area contributed by atoms with Gasteiger partial charge in [-0.25, -0.2) is 0 Å². The van der Waals surface area contributed by atoms with E-state index in [1.165, 1.54) is 42.8 Å². The SMILES string of the molecule is CC(C)([PH+](c1ccccc1)c1ccccc1)[PH+](c1ccccc1)c1ccccc1.[Au+].[Au+].[C-]#Cc1cccc2cc3ccccc3cc12.[C-]#Cc1cccc2cc3ccccc3cc12. The molecular weight excluding hydrogens is 1160 g/mol. The molecule has 0 aliphatic rings. The van der Waals surface area contributed by atoms with E-state index in [1.807, 2.05) is 48.5 Å². The molecule has 10 rings (SSSR count). The second-order valence-electron chi connectivity index (χ2n) is 15.5. The maximum Gasteiger partial charge on any atom is 1.00 e. The molecule has 0 nitrogen and oxygen atoms in total. The van der Waals surface area contributed by atoms with Crippen molar-refractivity contribution in [3.8, 4) is 11.8 Å². The van der Waals surface area contributed by atoms with Crippen LogP contribution >= 0.6 is 15.8 Å². The zero-order valence-corrected chi connectivity index (χ0v) is 41.4. The van der Waals surface area contributed by atoms with Gasteiger partial charge in [0, 0.05) is 13.8 Å². The average Bonchev–Trinajstić information content (AvgIpc) is 3.31. The van der Waals surface area contributed by atoms with Gasteiger partial charge in [0.05, 0.1) is 0 Å². The maximum atomic E-state index is 7.28. The molecule has 0 heterocycles. The standard InChI is InChI=1S/C27H26P2.2C16H9.2Au/c1-27(2,28(23-15-7-3-8-16-23)24-17-9-4-10-18-24)29(25-19-11-5-12-20-25)26-21-13-6-14-22-26;2*1-2-12-8-5-9-15-10-13-6-3-4-7-14(13)11-16(12)15;;/h3-22H,1-2H3;2*3-11H;;/q;2*-1;2*+1/p+2. The normalized spacial score (nSPS) is 10.7. The van der Waals surface area contributed by atoms with Crippen LogP contribution in [0.1, 0.15) is 25.0 Å². The van der Waals surface area contributed by atoms with Crippen molar-refractivity contribution in [2.45, 2.75) is 18.7 Å². The van der Waals surface area contributed by atoms with Crippen LogP contribution < -0.4 is 21.2 Å². The molecular formula is C59H46Au2P2+2. The summed E-state index contributed by atoms with van der Waals surface area (Å²) in [5.74, 6) is 4.97. The quantitative estimate of drug-likeness (QED) is 0.0512. The molecule has 4 heteroatoms. The molecule has 0 aliphatic carbocycles. The summed E-state index contributed by atoms with van der Waals surface area (Å²) in [6.07, 6.45) is 14.6. The van der Waals surface area contributed by atoms with Gasteiger partial charge in [-0.3, -0.25) is 11.8 Å². The fraction of sp³-hybridized carbons (Fsp3) is 0.0508. The molecule has 0 saturated carbocycles. The van der Waals surface area contributed by atoms with Crippen LogP contribution in [0.5, 0.6) is 0 Å². The first kappa shape index (κ1) is 47.2. The van der Waals surface area contributed by atoms with Crippen molar-refractivity contribution in [3.05, 3.63) is 254 Å². The van der Waals surface area contributed by atoms with Gasteiger partial charge in [0.2, 0.25) is 0 Å². The van der Waals surface area contributed by atoms with Crippen LogP contribution in [-0.2, 0) is 44.8 Å². The number of rotatable bonds is 6. The smallest absolute Gasteiger partial charge is 0.366 e. The van der Waals surface area contributed by atoms with Gasteiger partial charge in [0.15, 0.2) is 4.90 Å². The van der Waals surface area contributed by atoms with E-state index in [1.54, 1.807) is 0 Å². The van der Waals surface area contributed by atoms with Crippen LogP contribution in [0.4, 0.5) is 0 Å². The Morgan fingerprint density at radius 1 is 0.317 bits per heavy atom. The molecule has 0 N–H and O–H groups in total. The zero-order chi connectivity index (χ0) is 42.0. The van der Waals surface area contributed by atoms with E-state index in [4.69, 9.17) is 12.8 Å². The molecule has 0 amide bonds. The van der Waals surface area contributed by atoms with Gasteiger partial charge in [-0.15, -0.1) is 23.3 Å². The number of benzene rings is 10. The Morgan fingerprint density at radius 2 is 0.571 bits per heavy atom. The van der Waals surface area contributed by atoms with Crippen LogP contribution in [0.2, 0.25) is 0 Å². The fourth-order valence-corrected chi connectivity index (χ4v) is 16.9. The molecule has 0 fully saturated rings. The van der Waals surface area contributed by atoms with Crippen LogP contribution in [0, 0.1) is 24.7 Å². The second-order valence-corrected chi connectivity index (χ2v) is 22.4. The Morgan fingerprint density at radius 3 is 0.857 bits per heavy atom. The summed E-state index contributed by atoms with van der Waals surface area (Å²) >= 11 is 0. The van der Waals surface area contributed by atoms with Crippen molar-refractivity contribution < 1.29 is 44.8 Å². The van der Waals surface area contributed by atoms with Crippen molar-refractivity contribution in [2.75, 3.05) is 0 Å². The average molecular weight is 1210 g/mol. The van der Waals surface area contributed by atoms with Gasteiger partial charge in [-0.2, -0.15) is 0 Å². The first-order valence-corrected chi connectivity index (χ1v) is 23.6. The van der Waals surface area contributed by atoms with E-state index in [-0.39, 0.29) is 49.7 Å². The van der Waals surface area contributed by atoms with Crippen molar-refractivity contribution >= 4 is 80.2 Å². The zero-order valence-electron chi connectivity index (χ0n) is 35.0. The molecule has 10 aromatic rings. The van der Waals surface area contributed by atoms with Gasteiger partial charge in [-0.1, -0.05) is 168 Å². The molecule has 0 saturated heterocycles. The van der Waals surface area contributed by atoms with Crippen LogP contribution in [0.25, 0.3) is 43.1 Å². The van der Waals surface area contributed by atoms with Crippen molar-refractivity contribution in [1.82, 2.24) is 0 Å². The summed E-state index contributed by atoms with van der Waals surface area (Å²) < 4.78 is 0. The second kappa shape index (κ2) is 22.4. The molecule has 0 bridgehead atoms. The Hall–Kier alpha value is -5.30. The Labute approximate surface area is 406 Å². The van der Waals surface area contributed by atoms with Crippen molar-refractivity contribution in [3.63, 3.8) is 0 Å². The Balaban J connectivity index is 0.000000166. The summed E-state index contributed by atoms with van der Waals surface area (Å²) in [5, 5.41) is 15.3. The van der Waals surface area contributed by atoms with Gasteiger partial charge in [0.1, 0.15) is 37.1 Å². The largest absolute Gasteiger partial charge is 1.00 e. The molecule has 0 radical (unpaired) electrons. The van der Waals surface area contributed by atoms with Gasteiger partial charge in [0.25, 0.3) is 0 Å². The molecule has 312 valence electrons. The summed E-state index contributed by atoms with van der Waals surface area (Å²) in [6.45, 7) is 5.02. The first-order chi connectivity index (χ1) is 29.9. The minimum absolute atomic E-state index is 0. The number of fused-ring (bicyclic) bond motifs is 4. The van der Waals surface area contributed by atoms with Crippen LogP contribution in [0.15, 0.2) is 231 Å². The van der Waals surface area contributed by atoms with E-state index in [2.05, 4.69) is 208 Å². The Kier molecular flexibility index (Phi) is 16.7. The minimum Gasteiger partial charge on any atom is -0.366 e. The van der Waals surface area contributed by atoms with E-state index in [0.717, 1.165) is 32.7 Å². The van der Waals surface area contributed by atoms with Crippen LogP contribution in [0.3, 0.4) is 0 Å². The molecule has 0 aromatic heterocycles. The van der Waals surface area contributed by atoms with E-state index < -0.39 is 15.8 Å². The van der Waals surface area contributed by atoms with E-state index in [0.29, 0.717) is 0 Å². The van der Waals surface area contributed by atoms with Crippen molar-refractivity contribution in [1.29, 1.82) is 0 Å². The minimum atomic E-state index is -1.02. The summed E-state index contributed by atoms with van der Waals surface area (Å²) in [7, 11) is -2.05. The topological polar surface area (TPSA) is 0 Å². The molecule has 0 aliphatic heterocycles. The first-order valence-electron chi connectivity index (χ1n) is 20.6. The van der Waals surface area contributed by atoms with Crippen molar-refractivity contribution in [2.24, 2.45) is 0 Å². The summed E-state index contributed by atoms with van der Waals surface area (Å²) in [5.41, 5.74) is 1.70. The summed E-state index contributed by atoms with van der Waals surface area (Å²) in [6, 6.07) is 81.7. The van der Waals surface area contributed by atoms with E-state index >= 15 is 0 Å². The number of hydrogen-bond donors (Lipinski definition) is 0. The number of hydrogen-bond acceptors (Lipinski definition) is 0. The molecule has 0 atom stereocenters. The maximum absolute atomic E-state index is 7.28. The van der Waals surface area contributed by atoms with Gasteiger partial charge in [-0.05, 0) is 93.0 Å². The third-order valence-electron chi connectivity index (χ3n) is 11.3.